The van der Waals surface area contributed by atoms with E-state index in [4.69, 9.17) is 9.97 Å². The Balaban J connectivity index is 0.935. The fourth-order valence-electron chi connectivity index (χ4n) is 9.06. The predicted octanol–water partition coefficient (Wildman–Crippen LogP) is 14.5. The van der Waals surface area contributed by atoms with Gasteiger partial charge in [-0.2, -0.15) is 0 Å². The van der Waals surface area contributed by atoms with Crippen molar-refractivity contribution in [3.8, 4) is 56.4 Å². The van der Waals surface area contributed by atoms with Crippen LogP contribution in [0, 0.1) is 0 Å². The van der Waals surface area contributed by atoms with Gasteiger partial charge in [-0.25, -0.2) is 9.97 Å². The summed E-state index contributed by atoms with van der Waals surface area (Å²) in [5.41, 5.74) is 14.3. The molecular weight excluding hydrogens is 729 g/mol. The molecule has 0 aliphatic rings. The average Bonchev–Trinajstić information content (AvgIpc) is 3.84. The van der Waals surface area contributed by atoms with Gasteiger partial charge in [-0.1, -0.05) is 152 Å². The first-order valence-corrected chi connectivity index (χ1v) is 20.4. The van der Waals surface area contributed by atoms with Crippen molar-refractivity contribution >= 4 is 54.4 Å². The van der Waals surface area contributed by atoms with Crippen LogP contribution >= 0.6 is 0 Å². The van der Waals surface area contributed by atoms with Crippen LogP contribution in [0.25, 0.3) is 111 Å². The highest BCUT2D eigenvalue weighted by molar-refractivity contribution is 6.11. The maximum Gasteiger partial charge on any atom is 0.160 e. The molecule has 280 valence electrons. The second kappa shape index (κ2) is 13.8. The van der Waals surface area contributed by atoms with E-state index in [2.05, 4.69) is 215 Å². The summed E-state index contributed by atoms with van der Waals surface area (Å²) in [5, 5.41) is 7.30. The number of nitrogens with zero attached hydrogens (tertiary/aromatic N) is 4. The molecule has 0 unspecified atom stereocenters. The molecule has 0 saturated carbocycles. The highest BCUT2D eigenvalue weighted by Crippen LogP contribution is 2.38. The summed E-state index contributed by atoms with van der Waals surface area (Å²) >= 11 is 0. The number of para-hydroxylation sites is 3. The van der Waals surface area contributed by atoms with Crippen LogP contribution in [0.1, 0.15) is 0 Å². The van der Waals surface area contributed by atoms with Crippen molar-refractivity contribution in [3.63, 3.8) is 0 Å². The second-order valence-electron chi connectivity index (χ2n) is 15.4. The van der Waals surface area contributed by atoms with Crippen LogP contribution < -0.4 is 0 Å². The van der Waals surface area contributed by atoms with E-state index in [1.807, 2.05) is 12.1 Å². The minimum atomic E-state index is 0.712. The molecule has 0 aliphatic carbocycles. The third-order valence-electron chi connectivity index (χ3n) is 11.9. The lowest BCUT2D eigenvalue weighted by molar-refractivity contribution is 1.13. The minimum Gasteiger partial charge on any atom is -0.309 e. The molecule has 3 heterocycles. The van der Waals surface area contributed by atoms with Crippen LogP contribution in [0.15, 0.2) is 218 Å². The van der Waals surface area contributed by atoms with Gasteiger partial charge in [0.15, 0.2) is 5.82 Å². The number of hydrogen-bond donors (Lipinski definition) is 0. The maximum absolute atomic E-state index is 5.08. The number of benzene rings is 9. The molecule has 0 fully saturated rings. The Kier molecular flexibility index (Phi) is 7.82. The van der Waals surface area contributed by atoms with Gasteiger partial charge in [-0.3, -0.25) is 0 Å². The predicted molar refractivity (Wildman–Crippen MR) is 250 cm³/mol. The third kappa shape index (κ3) is 5.61. The molecule has 0 atom stereocenters. The number of rotatable bonds is 6. The molecule has 12 aromatic rings. The zero-order valence-electron chi connectivity index (χ0n) is 32.6. The molecule has 0 radical (unpaired) electrons. The highest BCUT2D eigenvalue weighted by Gasteiger charge is 2.17. The topological polar surface area (TPSA) is 35.6 Å². The van der Waals surface area contributed by atoms with Gasteiger partial charge in [0.05, 0.1) is 33.5 Å². The van der Waals surface area contributed by atoms with Gasteiger partial charge in [0.1, 0.15) is 0 Å². The molecule has 0 spiro atoms. The molecule has 0 saturated heterocycles. The smallest absolute Gasteiger partial charge is 0.160 e. The standard InChI is InChI=1S/C56H36N4/c1-3-14-37(15-4-1)50-36-51(38-16-5-2-6-17-38)58-56(57-50)43-29-28-39-32-40(26-27-41(39)33-43)42-30-31-55-49(34-42)48-22-9-12-25-54(48)60(55)45-19-13-18-44(35-45)59-52-23-10-7-20-46(52)47-21-8-11-24-53(47)59/h1-36H. The van der Waals surface area contributed by atoms with E-state index < -0.39 is 0 Å². The molecule has 0 N–H and O–H groups in total. The molecular formula is C56H36N4. The van der Waals surface area contributed by atoms with Crippen LogP contribution in [-0.4, -0.2) is 19.1 Å². The lowest BCUT2D eigenvalue weighted by Crippen LogP contribution is -1.98. The third-order valence-corrected chi connectivity index (χ3v) is 11.9. The molecule has 9 aromatic carbocycles. The van der Waals surface area contributed by atoms with Crippen molar-refractivity contribution < 1.29 is 0 Å². The van der Waals surface area contributed by atoms with Crippen molar-refractivity contribution in [3.05, 3.63) is 218 Å². The molecule has 12 rings (SSSR count). The van der Waals surface area contributed by atoms with Crippen LogP contribution in [0.2, 0.25) is 0 Å². The highest BCUT2D eigenvalue weighted by atomic mass is 15.0. The van der Waals surface area contributed by atoms with Crippen molar-refractivity contribution in [2.24, 2.45) is 0 Å². The van der Waals surface area contributed by atoms with E-state index in [-0.39, 0.29) is 0 Å². The van der Waals surface area contributed by atoms with Crippen LogP contribution in [0.4, 0.5) is 0 Å². The number of aromatic nitrogens is 4. The first-order valence-electron chi connectivity index (χ1n) is 20.4. The van der Waals surface area contributed by atoms with E-state index in [9.17, 15) is 0 Å². The lowest BCUT2D eigenvalue weighted by Gasteiger charge is -2.13. The SMILES string of the molecule is c1ccc(-c2cc(-c3ccccc3)nc(-c3ccc4cc(-c5ccc6c(c5)c5ccccc5n6-c5cccc(-n6c7ccccc7c7ccccc76)c5)ccc4c3)n2)cc1. The fraction of sp³-hybridized carbons (Fsp3) is 0. The van der Waals surface area contributed by atoms with Gasteiger partial charge in [0.2, 0.25) is 0 Å². The first-order chi connectivity index (χ1) is 29.7. The second-order valence-corrected chi connectivity index (χ2v) is 15.4. The molecule has 4 nitrogen and oxygen atoms in total. The monoisotopic (exact) mass is 764 g/mol. The van der Waals surface area contributed by atoms with Crippen LogP contribution in [0.3, 0.4) is 0 Å². The molecule has 0 aliphatic heterocycles. The zero-order chi connectivity index (χ0) is 39.6. The molecule has 0 bridgehead atoms. The van der Waals surface area contributed by atoms with E-state index in [1.165, 1.54) is 60.1 Å². The van der Waals surface area contributed by atoms with E-state index >= 15 is 0 Å². The van der Waals surface area contributed by atoms with Crippen LogP contribution in [-0.2, 0) is 0 Å². The minimum absolute atomic E-state index is 0.712. The van der Waals surface area contributed by atoms with Crippen LogP contribution in [0.5, 0.6) is 0 Å². The quantitative estimate of drug-likeness (QED) is 0.169. The Labute approximate surface area is 346 Å². The van der Waals surface area contributed by atoms with Crippen molar-refractivity contribution in [2.45, 2.75) is 0 Å². The molecule has 3 aromatic heterocycles. The molecule has 60 heavy (non-hydrogen) atoms. The van der Waals surface area contributed by atoms with Gasteiger partial charge < -0.3 is 9.13 Å². The van der Waals surface area contributed by atoms with E-state index in [1.54, 1.807) is 0 Å². The maximum atomic E-state index is 5.08. The van der Waals surface area contributed by atoms with Crippen molar-refractivity contribution in [2.75, 3.05) is 0 Å². The number of hydrogen-bond acceptors (Lipinski definition) is 2. The zero-order valence-corrected chi connectivity index (χ0v) is 32.6. The van der Waals surface area contributed by atoms with Crippen molar-refractivity contribution in [1.82, 2.24) is 19.1 Å². The fourth-order valence-corrected chi connectivity index (χ4v) is 9.06. The van der Waals surface area contributed by atoms with E-state index in [0.717, 1.165) is 44.8 Å². The normalized spacial score (nSPS) is 11.7. The summed E-state index contributed by atoms with van der Waals surface area (Å²) in [5.74, 6) is 0.712. The van der Waals surface area contributed by atoms with Gasteiger partial charge in [0, 0.05) is 49.6 Å². The summed E-state index contributed by atoms with van der Waals surface area (Å²) in [6.07, 6.45) is 0. The van der Waals surface area contributed by atoms with Crippen molar-refractivity contribution in [1.29, 1.82) is 0 Å². The summed E-state index contributed by atoms with van der Waals surface area (Å²) in [6, 6.07) is 78.0. The largest absolute Gasteiger partial charge is 0.309 e. The van der Waals surface area contributed by atoms with E-state index in [0.29, 0.717) is 5.82 Å². The van der Waals surface area contributed by atoms with Gasteiger partial charge >= 0.3 is 0 Å². The molecule has 4 heteroatoms. The number of fused-ring (bicyclic) bond motifs is 7. The molecule has 0 amide bonds. The van der Waals surface area contributed by atoms with Gasteiger partial charge in [0.25, 0.3) is 0 Å². The summed E-state index contributed by atoms with van der Waals surface area (Å²) in [7, 11) is 0. The summed E-state index contributed by atoms with van der Waals surface area (Å²) in [6.45, 7) is 0. The summed E-state index contributed by atoms with van der Waals surface area (Å²) < 4.78 is 4.80. The Bertz CT molecular complexity index is 3490. The summed E-state index contributed by atoms with van der Waals surface area (Å²) in [4.78, 5) is 10.2. The Morgan fingerprint density at radius 2 is 0.700 bits per heavy atom. The average molecular weight is 765 g/mol. The Morgan fingerprint density at radius 1 is 0.267 bits per heavy atom. The first kappa shape index (κ1) is 34.0. The van der Waals surface area contributed by atoms with Gasteiger partial charge in [-0.15, -0.1) is 0 Å². The lowest BCUT2D eigenvalue weighted by atomic mass is 9.98. The Morgan fingerprint density at radius 3 is 1.27 bits per heavy atom. The Hall–Kier alpha value is -8.08. The van der Waals surface area contributed by atoms with Gasteiger partial charge in [-0.05, 0) is 88.6 Å².